The number of anilines is 1. The van der Waals surface area contributed by atoms with E-state index in [0.29, 0.717) is 17.4 Å². The molecular formula is C17H23N3O3S. The minimum Gasteiger partial charge on any atom is -0.506 e. The normalized spacial score (nSPS) is 25.0. The van der Waals surface area contributed by atoms with Gasteiger partial charge in [-0.2, -0.15) is 11.8 Å². The van der Waals surface area contributed by atoms with E-state index in [0.717, 1.165) is 25.0 Å². The molecule has 7 heteroatoms. The lowest BCUT2D eigenvalue weighted by molar-refractivity contribution is -0.118. The monoisotopic (exact) mass is 349 g/mol. The summed E-state index contributed by atoms with van der Waals surface area (Å²) < 4.78 is 0. The maximum atomic E-state index is 12.3. The summed E-state index contributed by atoms with van der Waals surface area (Å²) >= 11 is 1.89. The predicted octanol–water partition coefficient (Wildman–Crippen LogP) is 2.08. The number of hydrogen-bond acceptors (Lipinski definition) is 4. The quantitative estimate of drug-likeness (QED) is 0.542. The fraction of sp³-hybridized carbons (Fsp3) is 0.529. The van der Waals surface area contributed by atoms with Gasteiger partial charge in [-0.05, 0) is 25.0 Å². The van der Waals surface area contributed by atoms with Crippen LogP contribution in [0.1, 0.15) is 25.7 Å². The van der Waals surface area contributed by atoms with Gasteiger partial charge in [-0.15, -0.1) is 0 Å². The van der Waals surface area contributed by atoms with Crippen LogP contribution < -0.4 is 15.5 Å². The van der Waals surface area contributed by atoms with Crippen molar-refractivity contribution < 1.29 is 14.7 Å². The second-order valence-corrected chi connectivity index (χ2v) is 7.58. The van der Waals surface area contributed by atoms with Crippen molar-refractivity contribution in [2.75, 3.05) is 17.7 Å². The molecule has 0 spiro atoms. The molecule has 3 rings (SSSR count). The molecule has 0 bridgehead atoms. The molecule has 2 aliphatic heterocycles. The van der Waals surface area contributed by atoms with Crippen LogP contribution in [0.3, 0.4) is 0 Å². The first-order valence-electron chi connectivity index (χ1n) is 8.29. The van der Waals surface area contributed by atoms with Crippen LogP contribution in [0.2, 0.25) is 0 Å². The van der Waals surface area contributed by atoms with Gasteiger partial charge in [0, 0.05) is 24.5 Å². The smallest absolute Gasteiger partial charge is 0.315 e. The molecule has 2 fully saturated rings. The van der Waals surface area contributed by atoms with Crippen LogP contribution in [-0.4, -0.2) is 47.2 Å². The van der Waals surface area contributed by atoms with Crippen LogP contribution in [0.15, 0.2) is 24.3 Å². The number of unbranched alkanes of at least 4 members (excludes halogenated alkanes) is 1. The van der Waals surface area contributed by atoms with Crippen molar-refractivity contribution in [2.45, 2.75) is 43.0 Å². The highest BCUT2D eigenvalue weighted by Crippen LogP contribution is 2.33. The number of phenolic OH excluding ortho intramolecular Hbond substituents is 1. The molecular weight excluding hydrogens is 326 g/mol. The summed E-state index contributed by atoms with van der Waals surface area (Å²) in [4.78, 5) is 25.1. The Morgan fingerprint density at radius 3 is 2.92 bits per heavy atom. The van der Waals surface area contributed by atoms with Gasteiger partial charge in [-0.3, -0.25) is 4.79 Å². The lowest BCUT2D eigenvalue weighted by Gasteiger charge is -2.19. The minimum absolute atomic E-state index is 0.00397. The van der Waals surface area contributed by atoms with E-state index in [-0.39, 0.29) is 29.8 Å². The average Bonchev–Trinajstić information content (AvgIpc) is 3.10. The number of thioether (sulfide) groups is 1. The van der Waals surface area contributed by atoms with Gasteiger partial charge in [0.25, 0.3) is 0 Å². The molecule has 130 valence electrons. The van der Waals surface area contributed by atoms with Crippen LogP contribution in [0.5, 0.6) is 5.75 Å². The van der Waals surface area contributed by atoms with Gasteiger partial charge in [0.2, 0.25) is 5.91 Å². The Bertz CT molecular complexity index is 625. The van der Waals surface area contributed by atoms with E-state index < -0.39 is 0 Å². The zero-order valence-corrected chi connectivity index (χ0v) is 14.5. The van der Waals surface area contributed by atoms with Crippen LogP contribution in [0.4, 0.5) is 10.5 Å². The predicted molar refractivity (Wildman–Crippen MR) is 95.5 cm³/mol. The summed E-state index contributed by atoms with van der Waals surface area (Å²) in [5.41, 5.74) is 0.538. The van der Waals surface area contributed by atoms with Gasteiger partial charge >= 0.3 is 6.03 Å². The number of urea groups is 1. The zero-order valence-electron chi connectivity index (χ0n) is 13.7. The van der Waals surface area contributed by atoms with Crippen LogP contribution in [-0.2, 0) is 4.79 Å². The van der Waals surface area contributed by atoms with Gasteiger partial charge in [0.05, 0.1) is 17.8 Å². The molecule has 6 nitrogen and oxygen atoms in total. The van der Waals surface area contributed by atoms with Gasteiger partial charge in [-0.1, -0.05) is 18.6 Å². The van der Waals surface area contributed by atoms with Gasteiger partial charge in [0.15, 0.2) is 0 Å². The van der Waals surface area contributed by atoms with Crippen LogP contribution in [0.25, 0.3) is 0 Å². The third kappa shape index (κ3) is 3.61. The van der Waals surface area contributed by atoms with Gasteiger partial charge < -0.3 is 20.6 Å². The molecule has 0 aromatic heterocycles. The van der Waals surface area contributed by atoms with E-state index >= 15 is 0 Å². The Morgan fingerprint density at radius 2 is 2.12 bits per heavy atom. The van der Waals surface area contributed by atoms with E-state index in [9.17, 15) is 14.7 Å². The number of nitrogens with zero attached hydrogens (tertiary/aromatic N) is 1. The zero-order chi connectivity index (χ0) is 17.1. The Kier molecular flexibility index (Phi) is 5.18. The Balaban J connectivity index is 1.41. The second-order valence-electron chi connectivity index (χ2n) is 6.31. The Labute approximate surface area is 146 Å². The van der Waals surface area contributed by atoms with E-state index in [1.807, 2.05) is 11.8 Å². The number of phenols is 1. The Hall–Kier alpha value is -1.89. The topological polar surface area (TPSA) is 81.7 Å². The van der Waals surface area contributed by atoms with E-state index in [4.69, 9.17) is 0 Å². The number of benzene rings is 1. The number of fused-ring (bicyclic) bond motifs is 1. The van der Waals surface area contributed by atoms with Crippen molar-refractivity contribution in [1.82, 2.24) is 10.6 Å². The van der Waals surface area contributed by atoms with Gasteiger partial charge in [0.1, 0.15) is 5.75 Å². The molecule has 3 atom stereocenters. The number of carbonyl (C=O) groups is 2. The molecule has 1 aromatic carbocycles. The second kappa shape index (κ2) is 7.34. The molecule has 2 saturated heterocycles. The lowest BCUT2D eigenvalue weighted by atomic mass is 10.0. The molecule has 0 aliphatic carbocycles. The summed E-state index contributed by atoms with van der Waals surface area (Å²) in [6, 6.07) is 7.27. The molecule has 24 heavy (non-hydrogen) atoms. The third-order valence-corrected chi connectivity index (χ3v) is 6.19. The number of aromatic hydroxyl groups is 1. The molecule has 3 amide bonds. The standard InChI is InChI=1S/C17H23N3O3S/c1-20(12-6-2-3-7-13(12)21)15(22)9-5-4-8-14-16-11(10-24-14)18-17(23)19-16/h2-3,6-7,11,14,16,21H,4-5,8-10H2,1H3,(H2,18,19,23)/t11-,14-,16-/m0/s1. The number of amides is 3. The lowest BCUT2D eigenvalue weighted by Crippen LogP contribution is -2.36. The van der Waals surface area contributed by atoms with E-state index in [2.05, 4.69) is 10.6 Å². The van der Waals surface area contributed by atoms with Crippen molar-refractivity contribution in [2.24, 2.45) is 0 Å². The molecule has 2 heterocycles. The Morgan fingerprint density at radius 1 is 1.33 bits per heavy atom. The van der Waals surface area contributed by atoms with E-state index in [1.165, 1.54) is 4.90 Å². The first-order chi connectivity index (χ1) is 11.6. The molecule has 0 saturated carbocycles. The van der Waals surface area contributed by atoms with E-state index in [1.54, 1.807) is 31.3 Å². The van der Waals surface area contributed by atoms with Crippen molar-refractivity contribution in [3.8, 4) is 5.75 Å². The highest BCUT2D eigenvalue weighted by molar-refractivity contribution is 8.00. The summed E-state index contributed by atoms with van der Waals surface area (Å²) in [7, 11) is 1.69. The average molecular weight is 349 g/mol. The van der Waals surface area contributed by atoms with Crippen LogP contribution >= 0.6 is 11.8 Å². The molecule has 3 N–H and O–H groups in total. The molecule has 0 radical (unpaired) electrons. The number of rotatable bonds is 6. The first kappa shape index (κ1) is 17.0. The fourth-order valence-corrected chi connectivity index (χ4v) is 4.86. The highest BCUT2D eigenvalue weighted by atomic mass is 32.2. The van der Waals surface area contributed by atoms with Crippen molar-refractivity contribution in [3.05, 3.63) is 24.3 Å². The molecule has 2 aliphatic rings. The number of hydrogen-bond donors (Lipinski definition) is 3. The number of nitrogens with one attached hydrogen (secondary N) is 2. The maximum Gasteiger partial charge on any atom is 0.315 e. The van der Waals surface area contributed by atoms with Crippen LogP contribution in [0, 0.1) is 0 Å². The van der Waals surface area contributed by atoms with Crippen molar-refractivity contribution in [3.63, 3.8) is 0 Å². The first-order valence-corrected chi connectivity index (χ1v) is 9.34. The van der Waals surface area contributed by atoms with Crippen molar-refractivity contribution in [1.29, 1.82) is 0 Å². The summed E-state index contributed by atoms with van der Waals surface area (Å²) in [5, 5.41) is 16.2. The highest BCUT2D eigenvalue weighted by Gasteiger charge is 2.42. The largest absolute Gasteiger partial charge is 0.506 e. The third-order valence-electron chi connectivity index (χ3n) is 4.68. The molecule has 0 unspecified atom stereocenters. The molecule has 1 aromatic rings. The minimum atomic E-state index is -0.0604. The number of para-hydroxylation sites is 2. The summed E-state index contributed by atoms with van der Waals surface area (Å²) in [6.07, 6.45) is 3.23. The SMILES string of the molecule is CN(C(=O)CCCC[C@@H]1SC[C@@H]2NC(=O)N[C@@H]21)c1ccccc1O. The van der Waals surface area contributed by atoms with Gasteiger partial charge in [-0.25, -0.2) is 4.79 Å². The van der Waals surface area contributed by atoms with Crippen molar-refractivity contribution >= 4 is 29.4 Å². The number of carbonyl (C=O) groups excluding carboxylic acids is 2. The maximum absolute atomic E-state index is 12.3. The fourth-order valence-electron chi connectivity index (χ4n) is 3.31. The summed E-state index contributed by atoms with van der Waals surface area (Å²) in [6.45, 7) is 0. The summed E-state index contributed by atoms with van der Waals surface area (Å²) in [5.74, 6) is 1.08.